The van der Waals surface area contributed by atoms with Gasteiger partial charge in [-0.3, -0.25) is 29.5 Å². The third kappa shape index (κ3) is 3.28. The Morgan fingerprint density at radius 2 is 2.05 bits per heavy atom. The van der Waals surface area contributed by atoms with E-state index < -0.39 is 47.5 Å². The van der Waals surface area contributed by atoms with Gasteiger partial charge in [0.1, 0.15) is 27.3 Å². The van der Waals surface area contributed by atoms with Crippen LogP contribution in [0.3, 0.4) is 0 Å². The molecule has 3 aromatic rings. The number of nitrogens with two attached hydrogens (primary N) is 1. The first-order valence-electron chi connectivity index (χ1n) is 11.7. The van der Waals surface area contributed by atoms with Crippen LogP contribution in [0.25, 0.3) is 22.4 Å². The summed E-state index contributed by atoms with van der Waals surface area (Å²) in [6.45, 7) is 4.02. The highest BCUT2D eigenvalue weighted by Gasteiger charge is 2.63. The lowest BCUT2D eigenvalue weighted by atomic mass is 9.64. The molecule has 0 bridgehead atoms. The fourth-order valence-corrected chi connectivity index (χ4v) is 6.17. The molecule has 3 aliphatic heterocycles. The van der Waals surface area contributed by atoms with Gasteiger partial charge in [-0.15, -0.1) is 0 Å². The van der Waals surface area contributed by atoms with Gasteiger partial charge in [-0.1, -0.05) is 16.8 Å². The van der Waals surface area contributed by atoms with Crippen LogP contribution in [0.4, 0.5) is 5.69 Å². The van der Waals surface area contributed by atoms with Crippen LogP contribution in [0.15, 0.2) is 22.9 Å². The molecule has 3 aliphatic rings. The number of aromatic nitrogens is 3. The number of halogens is 1. The first-order chi connectivity index (χ1) is 17.6. The molecule has 2 fully saturated rings. The van der Waals surface area contributed by atoms with Gasteiger partial charge in [0, 0.05) is 24.7 Å². The second-order valence-electron chi connectivity index (χ2n) is 9.60. The summed E-state index contributed by atoms with van der Waals surface area (Å²) < 4.78 is 11.6. The van der Waals surface area contributed by atoms with Crippen molar-refractivity contribution < 1.29 is 28.4 Å². The van der Waals surface area contributed by atoms with E-state index in [0.29, 0.717) is 34.7 Å². The van der Waals surface area contributed by atoms with Crippen LogP contribution >= 0.6 is 11.6 Å². The number of carbonyl (C=O) groups is 4. The maximum atomic E-state index is 13.5. The normalized spacial score (nSPS) is 27.3. The minimum Gasteiger partial charge on any atom is -0.372 e. The molecule has 0 saturated carbocycles. The number of amides is 3. The number of hydrogen-bond donors (Lipinski definition) is 2. The fourth-order valence-electron chi connectivity index (χ4n) is 5.82. The van der Waals surface area contributed by atoms with E-state index >= 15 is 0 Å². The number of Topliss-reactive ketones (excluding diaryl/α,β-unsaturated/α-hetero) is 1. The SMILES string of the molecule is C[C@@H]1CN2c3c(nc4c(-c5ccc(C(N)=O)nc5)noc4c3Cl)CC3(C(=O)CC(=O)NC3=O)[C@H]2[C@H](C)O1. The molecule has 12 nitrogen and oxygen atoms in total. The molecule has 3 N–H and O–H groups in total. The van der Waals surface area contributed by atoms with Crippen molar-refractivity contribution in [3.8, 4) is 11.3 Å². The van der Waals surface area contributed by atoms with Crippen molar-refractivity contribution in [2.75, 3.05) is 11.4 Å². The summed E-state index contributed by atoms with van der Waals surface area (Å²) in [6, 6.07) is 2.35. The predicted octanol–water partition coefficient (Wildman–Crippen LogP) is 1.18. The van der Waals surface area contributed by atoms with E-state index in [2.05, 4.69) is 15.5 Å². The van der Waals surface area contributed by atoms with Crippen LogP contribution in [-0.4, -0.2) is 63.4 Å². The van der Waals surface area contributed by atoms with Crippen LogP contribution in [0.2, 0.25) is 5.02 Å². The topological polar surface area (TPSA) is 171 Å². The van der Waals surface area contributed by atoms with Crippen LogP contribution in [-0.2, 0) is 25.5 Å². The average Bonchev–Trinajstić information content (AvgIpc) is 3.26. The van der Waals surface area contributed by atoms with E-state index in [1.165, 1.54) is 12.3 Å². The van der Waals surface area contributed by atoms with E-state index in [9.17, 15) is 19.2 Å². The van der Waals surface area contributed by atoms with Gasteiger partial charge >= 0.3 is 0 Å². The number of ether oxygens (including phenoxy) is 1. The second-order valence-corrected chi connectivity index (χ2v) is 9.98. The molecule has 4 atom stereocenters. The Morgan fingerprint density at radius 1 is 1.27 bits per heavy atom. The molecule has 6 rings (SSSR count). The number of nitrogens with one attached hydrogen (secondary N) is 1. The number of carbonyl (C=O) groups excluding carboxylic acids is 4. The van der Waals surface area contributed by atoms with E-state index in [0.717, 1.165) is 0 Å². The zero-order valence-electron chi connectivity index (χ0n) is 19.8. The maximum Gasteiger partial charge on any atom is 0.267 e. The van der Waals surface area contributed by atoms with E-state index in [1.54, 1.807) is 13.0 Å². The number of pyridine rings is 2. The Balaban J connectivity index is 1.56. The van der Waals surface area contributed by atoms with Crippen molar-refractivity contribution in [3.05, 3.63) is 34.7 Å². The lowest BCUT2D eigenvalue weighted by molar-refractivity contribution is -0.158. The van der Waals surface area contributed by atoms with Crippen molar-refractivity contribution >= 4 is 51.9 Å². The van der Waals surface area contributed by atoms with Gasteiger partial charge in [-0.2, -0.15) is 0 Å². The van der Waals surface area contributed by atoms with Gasteiger partial charge in [-0.05, 0) is 26.0 Å². The highest BCUT2D eigenvalue weighted by atomic mass is 35.5. The van der Waals surface area contributed by atoms with Crippen molar-refractivity contribution in [2.45, 2.75) is 44.9 Å². The molecule has 0 aromatic carbocycles. The predicted molar refractivity (Wildman–Crippen MR) is 129 cm³/mol. The zero-order valence-corrected chi connectivity index (χ0v) is 20.5. The average molecular weight is 525 g/mol. The number of ketones is 1. The Labute approximate surface area is 214 Å². The van der Waals surface area contributed by atoms with Gasteiger partial charge < -0.3 is 19.9 Å². The van der Waals surface area contributed by atoms with Crippen molar-refractivity contribution in [2.24, 2.45) is 11.1 Å². The standard InChI is InChI=1S/C24H21ClN6O6/c1-9-8-31-19-13(6-24(21(31)10(2)36-9)14(32)5-15(33)29-23(24)35)28-18-17(30-37-20(18)16(19)25)11-3-4-12(22(26)34)27-7-11/h3-4,7,9-10,21H,5-6,8H2,1-2H3,(H2,26,34)(H,29,33,35)/t9-,10+,21-,24?/m1/s1. The Hall–Kier alpha value is -3.90. The molecular weight excluding hydrogens is 504 g/mol. The number of anilines is 1. The summed E-state index contributed by atoms with van der Waals surface area (Å²) >= 11 is 6.89. The summed E-state index contributed by atoms with van der Waals surface area (Å²) in [4.78, 5) is 61.0. The Morgan fingerprint density at radius 3 is 2.73 bits per heavy atom. The molecule has 190 valence electrons. The molecule has 37 heavy (non-hydrogen) atoms. The molecule has 3 amide bonds. The molecule has 1 spiro atoms. The number of imide groups is 1. The molecule has 6 heterocycles. The highest BCUT2D eigenvalue weighted by Crippen LogP contribution is 2.51. The largest absolute Gasteiger partial charge is 0.372 e. The maximum absolute atomic E-state index is 13.5. The lowest BCUT2D eigenvalue weighted by Gasteiger charge is -2.55. The fraction of sp³-hybridized carbons (Fsp3) is 0.375. The molecule has 2 saturated heterocycles. The van der Waals surface area contributed by atoms with E-state index in [1.807, 2.05) is 11.8 Å². The Kier molecular flexibility index (Phi) is 5.11. The first kappa shape index (κ1) is 23.5. The smallest absolute Gasteiger partial charge is 0.267 e. The molecular formula is C24H21ClN6O6. The zero-order chi connectivity index (χ0) is 26.2. The van der Waals surface area contributed by atoms with Crippen molar-refractivity contribution in [1.29, 1.82) is 0 Å². The van der Waals surface area contributed by atoms with Gasteiger partial charge in [-0.25, -0.2) is 4.98 Å². The number of hydrogen-bond acceptors (Lipinski definition) is 10. The van der Waals surface area contributed by atoms with Crippen LogP contribution in [0.1, 0.15) is 36.5 Å². The number of fused-ring (bicyclic) bond motifs is 5. The first-order valence-corrected chi connectivity index (χ1v) is 12.0. The van der Waals surface area contributed by atoms with Crippen molar-refractivity contribution in [3.63, 3.8) is 0 Å². The number of rotatable bonds is 2. The number of nitrogens with zero attached hydrogens (tertiary/aromatic N) is 4. The number of piperidine rings is 1. The lowest BCUT2D eigenvalue weighted by Crippen LogP contribution is -2.72. The summed E-state index contributed by atoms with van der Waals surface area (Å²) in [7, 11) is 0. The van der Waals surface area contributed by atoms with Crippen LogP contribution in [0.5, 0.6) is 0 Å². The molecule has 3 aromatic heterocycles. The number of morpholine rings is 1. The summed E-state index contributed by atoms with van der Waals surface area (Å²) in [5, 5.41) is 6.72. The summed E-state index contributed by atoms with van der Waals surface area (Å²) in [5.74, 6) is -2.46. The third-order valence-electron chi connectivity index (χ3n) is 7.28. The summed E-state index contributed by atoms with van der Waals surface area (Å²) in [5.41, 5.74) is 6.06. The minimum absolute atomic E-state index is 0.0807. The Bertz CT molecular complexity index is 1500. The minimum atomic E-state index is -1.59. The van der Waals surface area contributed by atoms with Gasteiger partial charge in [0.2, 0.25) is 17.4 Å². The van der Waals surface area contributed by atoms with Gasteiger partial charge in [0.05, 0.1) is 36.1 Å². The van der Waals surface area contributed by atoms with E-state index in [4.69, 9.17) is 31.6 Å². The molecule has 1 unspecified atom stereocenters. The molecule has 0 aliphatic carbocycles. The van der Waals surface area contributed by atoms with Crippen molar-refractivity contribution in [1.82, 2.24) is 20.4 Å². The van der Waals surface area contributed by atoms with E-state index in [-0.39, 0.29) is 28.8 Å². The molecule has 13 heteroatoms. The van der Waals surface area contributed by atoms with Gasteiger partial charge in [0.15, 0.2) is 5.78 Å². The highest BCUT2D eigenvalue weighted by molar-refractivity contribution is 6.38. The summed E-state index contributed by atoms with van der Waals surface area (Å²) in [6.07, 6.45) is 0.165. The van der Waals surface area contributed by atoms with Crippen LogP contribution in [0, 0.1) is 5.41 Å². The molecule has 0 radical (unpaired) electrons. The monoisotopic (exact) mass is 524 g/mol. The quantitative estimate of drug-likeness (QED) is 0.366. The second kappa shape index (κ2) is 8.05. The number of primary amides is 1. The van der Waals surface area contributed by atoms with Crippen LogP contribution < -0.4 is 16.0 Å². The van der Waals surface area contributed by atoms with Gasteiger partial charge in [0.25, 0.3) is 5.91 Å². The third-order valence-corrected chi connectivity index (χ3v) is 7.63.